The zero-order valence-corrected chi connectivity index (χ0v) is 27.1. The molecule has 12 heteroatoms. The second kappa shape index (κ2) is 11.8. The molecule has 1 aliphatic carbocycles. The molecule has 242 valence electrons. The Bertz CT molecular complexity index is 1900. The number of amides is 1. The molecule has 9 nitrogen and oxygen atoms in total. The molecule has 0 unspecified atom stereocenters. The Morgan fingerprint density at radius 1 is 1.06 bits per heavy atom. The average Bonchev–Trinajstić information content (AvgIpc) is 3.49. The summed E-state index contributed by atoms with van der Waals surface area (Å²) in [4.78, 5) is 31.3. The molecule has 0 bridgehead atoms. The number of aromatic nitrogens is 2. The Hall–Kier alpha value is -4.18. The number of likely N-dealkylation sites (tertiary alicyclic amines) is 1. The van der Waals surface area contributed by atoms with Crippen LogP contribution in [0.5, 0.6) is 0 Å². The second-order valence-corrected chi connectivity index (χ2v) is 14.2. The fourth-order valence-corrected chi connectivity index (χ4v) is 8.28. The smallest absolute Gasteiger partial charge is 0.236 e. The molecule has 8 rings (SSSR count). The third kappa shape index (κ3) is 5.40. The van der Waals surface area contributed by atoms with Gasteiger partial charge in [-0.25, -0.2) is 18.7 Å². The highest BCUT2D eigenvalue weighted by Gasteiger charge is 2.45. The number of nitrogens with zero attached hydrogens (tertiary/aromatic N) is 7. The van der Waals surface area contributed by atoms with Gasteiger partial charge >= 0.3 is 0 Å². The van der Waals surface area contributed by atoms with Gasteiger partial charge in [0.15, 0.2) is 10.9 Å². The summed E-state index contributed by atoms with van der Waals surface area (Å²) in [5.41, 5.74) is 5.32. The first-order valence-electron chi connectivity index (χ1n) is 16.2. The first kappa shape index (κ1) is 30.2. The van der Waals surface area contributed by atoms with Crippen molar-refractivity contribution in [3.05, 3.63) is 64.2 Å². The highest BCUT2D eigenvalue weighted by Crippen LogP contribution is 2.44. The number of anilines is 3. The molecule has 3 aliphatic heterocycles. The summed E-state index contributed by atoms with van der Waals surface area (Å²) in [7, 11) is 1.89. The number of hydrogen-bond donors (Lipinski definition) is 0. The van der Waals surface area contributed by atoms with Crippen molar-refractivity contribution in [2.24, 2.45) is 5.41 Å². The molecule has 2 aromatic heterocycles. The van der Waals surface area contributed by atoms with Crippen molar-refractivity contribution in [3.8, 4) is 17.3 Å². The SMILES string of the molecule is CN(c1nc(-c2ccc(F)cc2)c(C#N)s1)c1c2c(nc3c(F)cc(N4CCN(CC(=O)N5CC6(CCOCC6)C5)CC4)cc13)CC2. The number of rotatable bonds is 6. The lowest BCUT2D eigenvalue weighted by Gasteiger charge is -2.52. The Morgan fingerprint density at radius 2 is 1.81 bits per heavy atom. The number of piperazine rings is 1. The minimum atomic E-state index is -0.372. The van der Waals surface area contributed by atoms with Crippen molar-refractivity contribution >= 4 is 44.7 Å². The lowest BCUT2D eigenvalue weighted by atomic mass is 9.73. The number of nitriles is 1. The Balaban J connectivity index is 1.02. The quantitative estimate of drug-likeness (QED) is 0.283. The summed E-state index contributed by atoms with van der Waals surface area (Å²) < 4.78 is 34.9. The van der Waals surface area contributed by atoms with Crippen LogP contribution < -0.4 is 9.80 Å². The van der Waals surface area contributed by atoms with Crippen molar-refractivity contribution in [2.75, 3.05) is 75.9 Å². The number of aryl methyl sites for hydroxylation is 1. The van der Waals surface area contributed by atoms with Crippen molar-refractivity contribution in [1.29, 1.82) is 5.26 Å². The van der Waals surface area contributed by atoms with Gasteiger partial charge < -0.3 is 19.4 Å². The number of thiazole rings is 1. The van der Waals surface area contributed by atoms with Gasteiger partial charge in [0, 0.05) is 87.3 Å². The van der Waals surface area contributed by atoms with Gasteiger partial charge in [-0.2, -0.15) is 5.26 Å². The molecule has 3 saturated heterocycles. The summed E-state index contributed by atoms with van der Waals surface area (Å²) in [6.45, 7) is 6.48. The highest BCUT2D eigenvalue weighted by atomic mass is 32.1. The third-order valence-corrected chi connectivity index (χ3v) is 11.3. The summed E-state index contributed by atoms with van der Waals surface area (Å²) in [6, 6.07) is 11.8. The molecule has 3 fully saturated rings. The molecule has 0 saturated carbocycles. The summed E-state index contributed by atoms with van der Waals surface area (Å²) in [5, 5.41) is 11.2. The number of pyridine rings is 1. The van der Waals surface area contributed by atoms with Crippen LogP contribution >= 0.6 is 11.3 Å². The van der Waals surface area contributed by atoms with Crippen molar-refractivity contribution in [2.45, 2.75) is 25.7 Å². The van der Waals surface area contributed by atoms with E-state index in [1.807, 2.05) is 22.9 Å². The standard InChI is InChI=1S/C35H35F2N7O2S/c1-41(34-40-31(29(18-38)47-34)22-2-4-23(36)5-3-22)33-25-6-7-28(25)39-32-26(33)16-24(17-27(32)37)43-12-10-42(11-13-43)19-30(45)44-20-35(21-44)8-14-46-15-9-35/h2-5,16-17H,6-15,19-21H2,1H3. The maximum absolute atomic E-state index is 15.8. The van der Waals surface area contributed by atoms with Gasteiger partial charge in [-0.15, -0.1) is 0 Å². The molecule has 4 aliphatic rings. The third-order valence-electron chi connectivity index (χ3n) is 10.3. The maximum atomic E-state index is 15.8. The van der Waals surface area contributed by atoms with E-state index < -0.39 is 0 Å². The number of carbonyl (C=O) groups is 1. The summed E-state index contributed by atoms with van der Waals surface area (Å²) >= 11 is 1.26. The zero-order chi connectivity index (χ0) is 32.3. The number of fused-ring (bicyclic) bond motifs is 2. The van der Waals surface area contributed by atoms with Crippen LogP contribution in [0.4, 0.5) is 25.3 Å². The zero-order valence-electron chi connectivity index (χ0n) is 26.3. The van der Waals surface area contributed by atoms with Crippen LogP contribution in [0.3, 0.4) is 0 Å². The van der Waals surface area contributed by atoms with Crippen LogP contribution in [-0.2, 0) is 22.4 Å². The second-order valence-electron chi connectivity index (χ2n) is 13.2. The normalized spacial score (nSPS) is 18.9. The lowest BCUT2D eigenvalue weighted by Crippen LogP contribution is -2.62. The van der Waals surface area contributed by atoms with E-state index in [1.54, 1.807) is 18.2 Å². The largest absolute Gasteiger partial charge is 0.381 e. The van der Waals surface area contributed by atoms with Gasteiger partial charge in [0.1, 0.15) is 28.0 Å². The molecule has 0 atom stereocenters. The summed E-state index contributed by atoms with van der Waals surface area (Å²) in [5.74, 6) is -0.540. The van der Waals surface area contributed by atoms with E-state index in [0.29, 0.717) is 51.8 Å². The van der Waals surface area contributed by atoms with E-state index in [4.69, 9.17) is 14.7 Å². The van der Waals surface area contributed by atoms with E-state index in [9.17, 15) is 14.4 Å². The van der Waals surface area contributed by atoms with Crippen LogP contribution in [0.2, 0.25) is 0 Å². The number of hydrogen-bond acceptors (Lipinski definition) is 9. The van der Waals surface area contributed by atoms with Crippen LogP contribution in [0.1, 0.15) is 29.0 Å². The molecule has 47 heavy (non-hydrogen) atoms. The molecule has 0 N–H and O–H groups in total. The minimum Gasteiger partial charge on any atom is -0.381 e. The Kier molecular flexibility index (Phi) is 7.58. The molecule has 1 spiro atoms. The van der Waals surface area contributed by atoms with Crippen LogP contribution in [0.15, 0.2) is 36.4 Å². The van der Waals surface area contributed by atoms with Crippen molar-refractivity contribution in [1.82, 2.24) is 19.8 Å². The highest BCUT2D eigenvalue weighted by molar-refractivity contribution is 7.16. The number of ether oxygens (including phenoxy) is 1. The lowest BCUT2D eigenvalue weighted by molar-refractivity contribution is -0.151. The number of carbonyl (C=O) groups excluding carboxylic acids is 1. The maximum Gasteiger partial charge on any atom is 0.236 e. The van der Waals surface area contributed by atoms with Crippen molar-refractivity contribution < 1.29 is 18.3 Å². The molecule has 1 amide bonds. The molecule has 5 heterocycles. The number of halogens is 2. The Labute approximate surface area is 276 Å². The first-order valence-corrected chi connectivity index (χ1v) is 17.0. The van der Waals surface area contributed by atoms with Crippen LogP contribution in [0, 0.1) is 28.4 Å². The van der Waals surface area contributed by atoms with Crippen LogP contribution in [0.25, 0.3) is 22.2 Å². The fraction of sp³-hybridized carbons (Fsp3) is 0.429. The average molecular weight is 656 g/mol. The monoisotopic (exact) mass is 655 g/mol. The predicted molar refractivity (Wildman–Crippen MR) is 177 cm³/mol. The molecule has 0 radical (unpaired) electrons. The first-order chi connectivity index (χ1) is 22.8. The van der Waals surface area contributed by atoms with Gasteiger partial charge in [0.05, 0.1) is 12.2 Å². The predicted octanol–water partition coefficient (Wildman–Crippen LogP) is 5.14. The van der Waals surface area contributed by atoms with E-state index in [0.717, 1.165) is 87.7 Å². The topological polar surface area (TPSA) is 88.8 Å². The molecule has 4 aromatic rings. The van der Waals surface area contributed by atoms with Gasteiger partial charge in [-0.1, -0.05) is 11.3 Å². The van der Waals surface area contributed by atoms with Gasteiger partial charge in [0.2, 0.25) is 5.91 Å². The van der Waals surface area contributed by atoms with Gasteiger partial charge in [0.25, 0.3) is 0 Å². The minimum absolute atomic E-state index is 0.188. The molecule has 2 aromatic carbocycles. The van der Waals surface area contributed by atoms with Crippen molar-refractivity contribution in [3.63, 3.8) is 0 Å². The van der Waals surface area contributed by atoms with E-state index in [-0.39, 0.29) is 23.0 Å². The Morgan fingerprint density at radius 3 is 2.49 bits per heavy atom. The fourth-order valence-electron chi connectivity index (χ4n) is 7.43. The number of benzene rings is 2. The van der Waals surface area contributed by atoms with Crippen LogP contribution in [-0.4, -0.2) is 91.7 Å². The summed E-state index contributed by atoms with van der Waals surface area (Å²) in [6.07, 6.45) is 3.68. The van der Waals surface area contributed by atoms with E-state index >= 15 is 4.39 Å². The van der Waals surface area contributed by atoms with E-state index in [1.165, 1.54) is 23.5 Å². The molecular formula is C35H35F2N7O2S. The van der Waals surface area contributed by atoms with Gasteiger partial charge in [-0.3, -0.25) is 9.69 Å². The van der Waals surface area contributed by atoms with Gasteiger partial charge in [-0.05, 0) is 67.6 Å². The molecular weight excluding hydrogens is 620 g/mol. The van der Waals surface area contributed by atoms with E-state index in [2.05, 4.69) is 15.9 Å².